The van der Waals surface area contributed by atoms with E-state index in [1.807, 2.05) is 36.5 Å². The molecule has 296 valence electrons. The lowest BCUT2D eigenvalue weighted by Crippen LogP contribution is -2.29. The number of esters is 2. The molecule has 0 saturated carbocycles. The number of hydrogen-bond acceptors (Lipinski definition) is 10. The zero-order valence-electron chi connectivity index (χ0n) is 31.6. The predicted octanol–water partition coefficient (Wildman–Crippen LogP) is 8.21. The van der Waals surface area contributed by atoms with Crippen molar-refractivity contribution in [1.82, 2.24) is 0 Å². The van der Waals surface area contributed by atoms with Crippen LogP contribution in [0.5, 0.6) is 0 Å². The van der Waals surface area contributed by atoms with Gasteiger partial charge in [0.2, 0.25) is 0 Å². The minimum absolute atomic E-state index is 0.132. The Bertz CT molecular complexity index is 1020. The van der Waals surface area contributed by atoms with Crippen molar-refractivity contribution in [3.05, 3.63) is 48.6 Å². The maximum atomic E-state index is 12.5. The molecule has 0 fully saturated rings. The van der Waals surface area contributed by atoms with E-state index in [-0.39, 0.29) is 19.4 Å². The molecule has 12 heteroatoms. The van der Waals surface area contributed by atoms with E-state index < -0.39 is 57.9 Å². The van der Waals surface area contributed by atoms with Gasteiger partial charge in [-0.15, -0.1) is 0 Å². The number of carbonyl (C=O) groups excluding carboxylic acids is 2. The standard InChI is InChI=1S/C39H69O11P/c1-4-5-6-7-16-21-26-35(41)27-22-17-12-8-9-13-18-23-28-38(43)47-32-37(33-49-51(45,46)48-31-36(42)30-40)50-39(44)29-24-19-14-10-11-15-20-25-34(2)3/h9,12-13,16-17,21-22,27,34-37,40-42H,4-8,10-11,14-15,18-20,23-26,28-33H2,1-3H3,(H,45,46)/b13-9-,17-12-,21-16-,27-22+/t35-,36+,37-/m1/s1. The fourth-order valence-electron chi connectivity index (χ4n) is 4.72. The molecular formula is C39H69O11P. The highest BCUT2D eigenvalue weighted by Crippen LogP contribution is 2.43. The van der Waals surface area contributed by atoms with E-state index in [1.165, 1.54) is 44.9 Å². The maximum absolute atomic E-state index is 12.5. The monoisotopic (exact) mass is 744 g/mol. The summed E-state index contributed by atoms with van der Waals surface area (Å²) < 4.78 is 32.4. The summed E-state index contributed by atoms with van der Waals surface area (Å²) in [5.41, 5.74) is 0. The first-order chi connectivity index (χ1) is 24.5. The van der Waals surface area contributed by atoms with E-state index in [4.69, 9.17) is 19.1 Å². The van der Waals surface area contributed by atoms with E-state index in [1.54, 1.807) is 6.08 Å². The highest BCUT2D eigenvalue weighted by molar-refractivity contribution is 7.47. The van der Waals surface area contributed by atoms with Gasteiger partial charge < -0.3 is 29.7 Å². The minimum atomic E-state index is -4.64. The van der Waals surface area contributed by atoms with Crippen molar-refractivity contribution in [3.8, 4) is 0 Å². The molecule has 0 bridgehead atoms. The number of phosphoric acid groups is 1. The molecule has 0 aliphatic carbocycles. The van der Waals surface area contributed by atoms with Gasteiger partial charge in [0.15, 0.2) is 6.10 Å². The van der Waals surface area contributed by atoms with Crippen LogP contribution in [0.1, 0.15) is 136 Å². The van der Waals surface area contributed by atoms with Gasteiger partial charge in [-0.2, -0.15) is 0 Å². The smallest absolute Gasteiger partial charge is 0.462 e. The van der Waals surface area contributed by atoms with Gasteiger partial charge in [0, 0.05) is 12.8 Å². The van der Waals surface area contributed by atoms with Crippen LogP contribution in [-0.2, 0) is 32.7 Å². The number of allylic oxidation sites excluding steroid dienone is 6. The van der Waals surface area contributed by atoms with E-state index in [2.05, 4.69) is 31.4 Å². The number of aliphatic hydroxyl groups excluding tert-OH is 3. The highest BCUT2D eigenvalue weighted by Gasteiger charge is 2.27. The van der Waals surface area contributed by atoms with Gasteiger partial charge in [-0.1, -0.05) is 127 Å². The van der Waals surface area contributed by atoms with Gasteiger partial charge >= 0.3 is 19.8 Å². The van der Waals surface area contributed by atoms with Gasteiger partial charge in [0.1, 0.15) is 12.7 Å². The average molecular weight is 745 g/mol. The first kappa shape index (κ1) is 48.9. The Labute approximate surface area is 307 Å². The fourth-order valence-corrected chi connectivity index (χ4v) is 5.51. The molecule has 1 unspecified atom stereocenters. The molecular weight excluding hydrogens is 675 g/mol. The Morgan fingerprint density at radius 1 is 0.725 bits per heavy atom. The van der Waals surface area contributed by atoms with Crippen LogP contribution in [0.15, 0.2) is 48.6 Å². The molecule has 0 aromatic carbocycles. The molecule has 11 nitrogen and oxygen atoms in total. The zero-order chi connectivity index (χ0) is 38.0. The van der Waals surface area contributed by atoms with E-state index in [9.17, 15) is 29.3 Å². The van der Waals surface area contributed by atoms with E-state index in [0.717, 1.165) is 31.6 Å². The lowest BCUT2D eigenvalue weighted by atomic mass is 10.0. The van der Waals surface area contributed by atoms with Crippen LogP contribution in [0.3, 0.4) is 0 Å². The first-order valence-electron chi connectivity index (χ1n) is 19.1. The lowest BCUT2D eigenvalue weighted by Gasteiger charge is -2.20. The molecule has 0 aromatic rings. The predicted molar refractivity (Wildman–Crippen MR) is 202 cm³/mol. The van der Waals surface area contributed by atoms with Crippen LogP contribution in [-0.4, -0.2) is 76.9 Å². The van der Waals surface area contributed by atoms with E-state index >= 15 is 0 Å². The quantitative estimate of drug-likeness (QED) is 0.0165. The van der Waals surface area contributed by atoms with Crippen LogP contribution in [0.2, 0.25) is 0 Å². The second-order valence-electron chi connectivity index (χ2n) is 13.3. The molecule has 0 aliphatic rings. The minimum Gasteiger partial charge on any atom is -0.462 e. The molecule has 0 spiro atoms. The summed E-state index contributed by atoms with van der Waals surface area (Å²) in [7, 11) is -4.64. The van der Waals surface area contributed by atoms with Crippen molar-refractivity contribution in [1.29, 1.82) is 0 Å². The first-order valence-corrected chi connectivity index (χ1v) is 20.6. The fraction of sp³-hybridized carbons (Fsp3) is 0.744. The molecule has 4 atom stereocenters. The normalized spacial score (nSPS) is 15.3. The topological polar surface area (TPSA) is 169 Å². The number of carbonyl (C=O) groups is 2. The van der Waals surface area contributed by atoms with Gasteiger partial charge in [-0.3, -0.25) is 18.6 Å². The third kappa shape index (κ3) is 34.7. The molecule has 0 heterocycles. The highest BCUT2D eigenvalue weighted by atomic mass is 31.2. The van der Waals surface area contributed by atoms with Crippen molar-refractivity contribution < 1.29 is 52.9 Å². The van der Waals surface area contributed by atoms with Crippen molar-refractivity contribution in [2.24, 2.45) is 5.92 Å². The van der Waals surface area contributed by atoms with Crippen LogP contribution < -0.4 is 0 Å². The summed E-state index contributed by atoms with van der Waals surface area (Å²) in [6.45, 7) is 4.40. The molecule has 0 aromatic heterocycles. The van der Waals surface area contributed by atoms with Crippen LogP contribution in [0, 0.1) is 5.92 Å². The summed E-state index contributed by atoms with van der Waals surface area (Å²) in [6, 6.07) is 0. The van der Waals surface area contributed by atoms with Gasteiger partial charge in [-0.05, 0) is 50.9 Å². The summed E-state index contributed by atoms with van der Waals surface area (Å²) >= 11 is 0. The van der Waals surface area contributed by atoms with Crippen molar-refractivity contribution in [3.63, 3.8) is 0 Å². The second-order valence-corrected chi connectivity index (χ2v) is 14.7. The van der Waals surface area contributed by atoms with Crippen molar-refractivity contribution in [2.45, 2.75) is 155 Å². The van der Waals surface area contributed by atoms with Crippen LogP contribution in [0.25, 0.3) is 0 Å². The zero-order valence-corrected chi connectivity index (χ0v) is 32.5. The molecule has 0 saturated heterocycles. The number of ether oxygens (including phenoxy) is 2. The van der Waals surface area contributed by atoms with E-state index in [0.29, 0.717) is 32.1 Å². The lowest BCUT2D eigenvalue weighted by molar-refractivity contribution is -0.161. The Morgan fingerprint density at radius 3 is 2.08 bits per heavy atom. The summed E-state index contributed by atoms with van der Waals surface area (Å²) in [4.78, 5) is 34.7. The second kappa shape index (κ2) is 33.7. The number of phosphoric ester groups is 1. The third-order valence-electron chi connectivity index (χ3n) is 7.74. The molecule has 4 N–H and O–H groups in total. The van der Waals surface area contributed by atoms with Gasteiger partial charge in [-0.25, -0.2) is 4.57 Å². The Hall–Kier alpha value is -2.11. The van der Waals surface area contributed by atoms with Crippen molar-refractivity contribution in [2.75, 3.05) is 26.4 Å². The Balaban J connectivity index is 4.52. The molecule has 0 radical (unpaired) electrons. The van der Waals surface area contributed by atoms with Crippen LogP contribution >= 0.6 is 7.82 Å². The number of rotatable bonds is 34. The Kier molecular flexibility index (Phi) is 32.3. The summed E-state index contributed by atoms with van der Waals surface area (Å²) in [6.07, 6.45) is 28.6. The van der Waals surface area contributed by atoms with Gasteiger partial charge in [0.05, 0.1) is 25.9 Å². The molecule has 51 heavy (non-hydrogen) atoms. The Morgan fingerprint density at radius 2 is 1.37 bits per heavy atom. The van der Waals surface area contributed by atoms with Gasteiger partial charge in [0.25, 0.3) is 0 Å². The number of unbranched alkanes of at least 4 members (excludes halogenated alkanes) is 10. The average Bonchev–Trinajstić information content (AvgIpc) is 3.09. The van der Waals surface area contributed by atoms with Crippen molar-refractivity contribution >= 4 is 19.8 Å². The third-order valence-corrected chi connectivity index (χ3v) is 8.70. The maximum Gasteiger partial charge on any atom is 0.472 e. The molecule has 0 rings (SSSR count). The SMILES string of the molecule is CCCCC/C=C\C[C@@H](O)/C=C/C=C\C/C=C\CCCC(=O)OC[C@H](COP(=O)(O)OC[C@@H](O)CO)OC(=O)CCCCCCCCCC(C)C. The number of aliphatic hydroxyl groups is 3. The molecule has 0 amide bonds. The summed E-state index contributed by atoms with van der Waals surface area (Å²) in [5.74, 6) is -0.312. The van der Waals surface area contributed by atoms with Crippen LogP contribution in [0.4, 0.5) is 0 Å². The largest absolute Gasteiger partial charge is 0.472 e. The number of hydrogen-bond donors (Lipinski definition) is 4. The summed E-state index contributed by atoms with van der Waals surface area (Å²) in [5, 5.41) is 28.2. The molecule has 0 aliphatic heterocycles.